The highest BCUT2D eigenvalue weighted by atomic mass is 19.1. The number of aromatic nitrogens is 5. The van der Waals surface area contributed by atoms with Crippen molar-refractivity contribution in [2.75, 3.05) is 63.2 Å². The molecule has 63 heavy (non-hydrogen) atoms. The standard InChI is InChI=1S/C47H55FN10O5/c1-27-32(28(2)52-45(61)43-54-46(63-55-43)47(3,4)5)13-14-34(40(27)48)41-39-35-23-38(62-7)37(24-36(35)53-42(39)51-26-50-41)57-19-17-56(18-20-57)31-15-16-58(25-31)30-11-8-10-29(22-30)33(12-9-21-59)44(60)49-6/h8,10-11,13-14,21-24,26,28,31,33H,9,12,15-20,25H2,1-7H3,(H,49,60)(H,52,61)(H,50,51,53)/t28-,31?,33?/m1/s1. The second kappa shape index (κ2) is 17.8. The average molecular weight is 859 g/mol. The summed E-state index contributed by atoms with van der Waals surface area (Å²) < 4.78 is 27.8. The molecule has 6 aromatic rings. The Bertz CT molecular complexity index is 2660. The number of rotatable bonds is 13. The number of benzene rings is 3. The molecule has 3 N–H and O–H groups in total. The van der Waals surface area contributed by atoms with E-state index in [4.69, 9.17) is 9.26 Å². The minimum absolute atomic E-state index is 0.0777. The lowest BCUT2D eigenvalue weighted by Gasteiger charge is -2.39. The van der Waals surface area contributed by atoms with Crippen molar-refractivity contribution in [3.05, 3.63) is 89.1 Å². The summed E-state index contributed by atoms with van der Waals surface area (Å²) >= 11 is 0. The van der Waals surface area contributed by atoms with Crippen molar-refractivity contribution in [3.63, 3.8) is 0 Å². The van der Waals surface area contributed by atoms with Gasteiger partial charge in [0.2, 0.25) is 11.8 Å². The SMILES string of the molecule is CNC(=O)C(CCC=O)c1cccc(N2CCC(N3CCN(c4cc5[nH]c6ncnc(-c7ccc([C@@H](C)NC(=O)c8noc(C(C)(C)C)n8)c(C)c7F)c6c5cc4OC)CC3)C2)c1. The summed E-state index contributed by atoms with van der Waals surface area (Å²) in [5.41, 5.74) is 5.75. The van der Waals surface area contributed by atoms with Crippen molar-refractivity contribution >= 4 is 51.4 Å². The first-order valence-electron chi connectivity index (χ1n) is 21.6. The molecule has 0 spiro atoms. The molecule has 2 amide bonds. The van der Waals surface area contributed by atoms with Crippen LogP contribution in [-0.4, -0.2) is 108 Å². The first kappa shape index (κ1) is 43.2. The maximum atomic E-state index is 16.5. The Balaban J connectivity index is 0.971. The van der Waals surface area contributed by atoms with Crippen LogP contribution in [0, 0.1) is 12.7 Å². The van der Waals surface area contributed by atoms with E-state index in [0.717, 1.165) is 79.8 Å². The van der Waals surface area contributed by atoms with E-state index < -0.39 is 23.2 Å². The molecule has 0 saturated carbocycles. The topological polar surface area (TPSA) is 175 Å². The second-order valence-electron chi connectivity index (χ2n) is 17.6. The van der Waals surface area contributed by atoms with Crippen molar-refractivity contribution in [1.29, 1.82) is 0 Å². The van der Waals surface area contributed by atoms with Gasteiger partial charge in [-0.3, -0.25) is 14.5 Å². The molecule has 15 nitrogen and oxygen atoms in total. The third kappa shape index (κ3) is 8.55. The van der Waals surface area contributed by atoms with Gasteiger partial charge in [-0.05, 0) is 73.7 Å². The van der Waals surface area contributed by atoms with Crippen LogP contribution in [0.25, 0.3) is 33.2 Å². The molecule has 3 atom stereocenters. The Morgan fingerprint density at radius 1 is 1.06 bits per heavy atom. The summed E-state index contributed by atoms with van der Waals surface area (Å²) in [6.45, 7) is 14.4. The van der Waals surface area contributed by atoms with Gasteiger partial charge in [0.1, 0.15) is 29.8 Å². The molecule has 8 rings (SSSR count). The van der Waals surface area contributed by atoms with Gasteiger partial charge in [-0.25, -0.2) is 14.4 Å². The molecule has 0 radical (unpaired) electrons. The highest BCUT2D eigenvalue weighted by Crippen LogP contribution is 2.41. The van der Waals surface area contributed by atoms with Gasteiger partial charge in [0, 0.05) is 80.8 Å². The number of carbonyl (C=O) groups is 3. The summed E-state index contributed by atoms with van der Waals surface area (Å²) in [7, 11) is 3.30. The van der Waals surface area contributed by atoms with Crippen molar-refractivity contribution < 1.29 is 28.0 Å². The van der Waals surface area contributed by atoms with Crippen LogP contribution >= 0.6 is 0 Å². The van der Waals surface area contributed by atoms with E-state index in [2.05, 4.69) is 68.6 Å². The molecule has 2 aliphatic rings. The third-order valence-corrected chi connectivity index (χ3v) is 12.6. The Kier molecular flexibility index (Phi) is 12.2. The number of anilines is 2. The Labute approximate surface area is 365 Å². The van der Waals surface area contributed by atoms with E-state index >= 15 is 4.39 Å². The largest absolute Gasteiger partial charge is 0.495 e. The van der Waals surface area contributed by atoms with Gasteiger partial charge in [0.25, 0.3) is 11.7 Å². The molecule has 16 heteroatoms. The van der Waals surface area contributed by atoms with E-state index in [1.54, 1.807) is 40.1 Å². The number of nitrogens with zero attached hydrogens (tertiary/aromatic N) is 7. The van der Waals surface area contributed by atoms with Crippen molar-refractivity contribution in [2.45, 2.75) is 77.3 Å². The van der Waals surface area contributed by atoms with E-state index in [0.29, 0.717) is 63.9 Å². The van der Waals surface area contributed by atoms with Crippen LogP contribution in [0.15, 0.2) is 59.4 Å². The summed E-state index contributed by atoms with van der Waals surface area (Å²) in [6, 6.07) is 15.6. The lowest BCUT2D eigenvalue weighted by molar-refractivity contribution is -0.122. The van der Waals surface area contributed by atoms with Crippen LogP contribution in [-0.2, 0) is 15.0 Å². The van der Waals surface area contributed by atoms with Crippen LogP contribution in [0.2, 0.25) is 0 Å². The van der Waals surface area contributed by atoms with Gasteiger partial charge in [0.15, 0.2) is 0 Å². The number of hydrogen-bond donors (Lipinski definition) is 3. The molecular weight excluding hydrogens is 804 g/mol. The molecule has 330 valence electrons. The number of nitrogens with one attached hydrogen (secondary N) is 3. The zero-order valence-electron chi connectivity index (χ0n) is 36.9. The predicted molar refractivity (Wildman–Crippen MR) is 240 cm³/mol. The van der Waals surface area contributed by atoms with Gasteiger partial charge in [-0.2, -0.15) is 4.98 Å². The summed E-state index contributed by atoms with van der Waals surface area (Å²) in [6.07, 6.45) is 4.16. The first-order valence-corrected chi connectivity index (χ1v) is 21.6. The Morgan fingerprint density at radius 2 is 1.86 bits per heavy atom. The maximum Gasteiger partial charge on any atom is 0.293 e. The van der Waals surface area contributed by atoms with Crippen LogP contribution in [0.3, 0.4) is 0 Å². The van der Waals surface area contributed by atoms with Crippen molar-refractivity contribution in [2.24, 2.45) is 0 Å². The Morgan fingerprint density at radius 3 is 2.57 bits per heavy atom. The van der Waals surface area contributed by atoms with E-state index in [9.17, 15) is 14.4 Å². The van der Waals surface area contributed by atoms with E-state index in [1.165, 1.54) is 6.33 Å². The number of likely N-dealkylation sites (N-methyl/N-ethyl adjacent to an activating group) is 1. The van der Waals surface area contributed by atoms with Gasteiger partial charge in [-0.15, -0.1) is 0 Å². The summed E-state index contributed by atoms with van der Waals surface area (Å²) in [5.74, 6) is -0.425. The van der Waals surface area contributed by atoms with Gasteiger partial charge in [-0.1, -0.05) is 44.1 Å². The summed E-state index contributed by atoms with van der Waals surface area (Å²) in [4.78, 5) is 61.0. The lowest BCUT2D eigenvalue weighted by Crippen LogP contribution is -2.51. The number of methoxy groups -OCH3 is 1. The van der Waals surface area contributed by atoms with E-state index in [1.807, 2.05) is 39.0 Å². The van der Waals surface area contributed by atoms with Crippen LogP contribution in [0.4, 0.5) is 15.8 Å². The zero-order valence-corrected chi connectivity index (χ0v) is 36.9. The number of amides is 2. The van der Waals surface area contributed by atoms with Crippen molar-refractivity contribution in [3.8, 4) is 17.0 Å². The fourth-order valence-electron chi connectivity index (χ4n) is 9.07. The highest BCUT2D eigenvalue weighted by Gasteiger charge is 2.32. The maximum absolute atomic E-state index is 16.5. The minimum Gasteiger partial charge on any atom is -0.495 e. The number of fused-ring (bicyclic) bond motifs is 3. The molecular formula is C47H55FN10O5. The average Bonchev–Trinajstić information content (AvgIpc) is 4.07. The predicted octanol–water partition coefficient (Wildman–Crippen LogP) is 6.62. The number of carbonyl (C=O) groups excluding carboxylic acids is 3. The lowest BCUT2D eigenvalue weighted by atomic mass is 9.93. The molecule has 0 bridgehead atoms. The summed E-state index contributed by atoms with van der Waals surface area (Å²) in [5, 5.41) is 11.0. The first-order chi connectivity index (χ1) is 30.3. The van der Waals surface area contributed by atoms with Crippen molar-refractivity contribution in [1.82, 2.24) is 40.6 Å². The number of aromatic amines is 1. The van der Waals surface area contributed by atoms with Gasteiger partial charge in [0.05, 0.1) is 41.4 Å². The van der Waals surface area contributed by atoms with Gasteiger partial charge >= 0.3 is 0 Å². The number of H-pyrrole nitrogens is 1. The normalized spacial score (nSPS) is 17.0. The quantitative estimate of drug-likeness (QED) is 0.106. The molecule has 2 unspecified atom stereocenters. The number of halogens is 1. The fraction of sp³-hybridized carbons (Fsp3) is 0.426. The molecule has 2 fully saturated rings. The number of hydrogen-bond acceptors (Lipinski definition) is 12. The smallest absolute Gasteiger partial charge is 0.293 e. The number of aldehydes is 1. The second-order valence-corrected chi connectivity index (χ2v) is 17.6. The molecule has 0 aliphatic carbocycles. The van der Waals surface area contributed by atoms with Gasteiger partial charge < -0.3 is 39.5 Å². The molecule has 3 aromatic heterocycles. The monoisotopic (exact) mass is 858 g/mol. The Hall–Kier alpha value is -6.42. The number of ether oxygens (including phenoxy) is 1. The van der Waals surface area contributed by atoms with Crippen LogP contribution in [0.5, 0.6) is 5.75 Å². The fourth-order valence-corrected chi connectivity index (χ4v) is 9.07. The molecule has 2 aliphatic heterocycles. The highest BCUT2D eigenvalue weighted by molar-refractivity contribution is 6.13. The molecule has 3 aromatic carbocycles. The zero-order chi connectivity index (χ0) is 44.6. The van der Waals surface area contributed by atoms with Crippen LogP contribution < -0.4 is 25.2 Å². The van der Waals surface area contributed by atoms with Crippen LogP contribution in [0.1, 0.15) is 92.1 Å². The molecule has 5 heterocycles. The number of piperazine rings is 1. The third-order valence-electron chi connectivity index (χ3n) is 12.6. The minimum atomic E-state index is -0.548. The molecule has 2 saturated heterocycles. The van der Waals surface area contributed by atoms with E-state index in [-0.39, 0.29) is 17.6 Å².